The molecule has 2 atom stereocenters. The molecule has 4 amide bonds. The average molecular weight is 961 g/mol. The lowest BCUT2D eigenvalue weighted by Gasteiger charge is -2.47. The summed E-state index contributed by atoms with van der Waals surface area (Å²) in [6, 6.07) is 19.0. The Bertz CT molecular complexity index is 2870. The first-order chi connectivity index (χ1) is 32.3. The van der Waals surface area contributed by atoms with E-state index in [9.17, 15) is 46.8 Å². The molecule has 362 valence electrons. The van der Waals surface area contributed by atoms with Gasteiger partial charge in [0.1, 0.15) is 0 Å². The Morgan fingerprint density at radius 1 is 0.638 bits per heavy atom. The molecule has 1 fully saturated rings. The van der Waals surface area contributed by atoms with Crippen LogP contribution in [-0.4, -0.2) is 88.4 Å². The van der Waals surface area contributed by atoms with Crippen LogP contribution in [0, 0.1) is 17.8 Å². The van der Waals surface area contributed by atoms with Crippen molar-refractivity contribution >= 4 is 62.7 Å². The number of nitrogens with one attached hydrogen (secondary N) is 4. The second kappa shape index (κ2) is 21.6. The Morgan fingerprint density at radius 2 is 1.12 bits per heavy atom. The van der Waals surface area contributed by atoms with Crippen LogP contribution in [0.2, 0.25) is 0 Å². The van der Waals surface area contributed by atoms with E-state index in [1.165, 1.54) is 45.2 Å². The third kappa shape index (κ3) is 13.3. The number of aryl methyl sites for hydroxylation is 1. The maximum atomic E-state index is 14.2. The van der Waals surface area contributed by atoms with Crippen LogP contribution >= 0.6 is 0 Å². The van der Waals surface area contributed by atoms with Gasteiger partial charge in [-0.1, -0.05) is 51.6 Å². The van der Waals surface area contributed by atoms with E-state index in [4.69, 9.17) is 9.47 Å². The van der Waals surface area contributed by atoms with E-state index in [-0.39, 0.29) is 56.6 Å². The predicted molar refractivity (Wildman–Crippen MR) is 257 cm³/mol. The summed E-state index contributed by atoms with van der Waals surface area (Å²) in [5.74, 6) is -5.73. The van der Waals surface area contributed by atoms with Crippen LogP contribution in [0.25, 0.3) is 0 Å². The Hall–Kier alpha value is -7.53. The summed E-state index contributed by atoms with van der Waals surface area (Å²) >= 11 is 0. The van der Waals surface area contributed by atoms with Crippen molar-refractivity contribution in [2.75, 3.05) is 32.1 Å². The van der Waals surface area contributed by atoms with E-state index >= 15 is 0 Å². The topological polar surface area (TPSA) is 237 Å². The lowest BCUT2D eigenvalue weighted by Crippen LogP contribution is -2.50. The molecule has 5 rings (SSSR count). The molecule has 0 aliphatic heterocycles. The molecule has 17 heteroatoms. The lowest BCUT2D eigenvalue weighted by molar-refractivity contribution is -0.119. The average Bonchev–Trinajstić information content (AvgIpc) is 3.30. The number of rotatable bonds is 18. The second-order valence-electron chi connectivity index (χ2n) is 18.4. The highest BCUT2D eigenvalue weighted by atomic mass is 32.2. The highest BCUT2D eigenvalue weighted by molar-refractivity contribution is 7.91. The van der Waals surface area contributed by atoms with Crippen molar-refractivity contribution in [3.8, 4) is 0 Å². The molecule has 0 saturated heterocycles. The van der Waals surface area contributed by atoms with Gasteiger partial charge in [0.2, 0.25) is 9.84 Å². The summed E-state index contributed by atoms with van der Waals surface area (Å²) in [5.41, 5.74) is 0.207. The first kappa shape index (κ1) is 52.4. The number of hydrogen-bond acceptors (Lipinski definition) is 12. The summed E-state index contributed by atoms with van der Waals surface area (Å²) in [5, 5.41) is 11.2. The number of amides is 4. The molecule has 0 spiro atoms. The number of Topliss-reactive ketones (excluding diaryl/α,β-unsaturated/α-hetero) is 2. The Labute approximate surface area is 401 Å². The second-order valence-corrected chi connectivity index (χ2v) is 20.3. The van der Waals surface area contributed by atoms with Crippen LogP contribution in [0.15, 0.2) is 119 Å². The van der Waals surface area contributed by atoms with E-state index in [2.05, 4.69) is 55.2 Å². The van der Waals surface area contributed by atoms with Gasteiger partial charge in [0.15, 0.2) is 24.8 Å². The van der Waals surface area contributed by atoms with Crippen molar-refractivity contribution in [3.05, 3.63) is 148 Å². The van der Waals surface area contributed by atoms with Gasteiger partial charge in [-0.25, -0.2) is 18.0 Å². The van der Waals surface area contributed by atoms with E-state index in [0.29, 0.717) is 24.9 Å². The first-order valence-electron chi connectivity index (χ1n) is 21.9. The maximum Gasteiger partial charge on any atom is 0.339 e. The SMILES string of the molecule is C=C(C)C(=O)COC(=O)c1ccc(S(=O)(=O)c2ccc(C(=O)OCC(=O)C(=C)C)c(C(=O)Nc3ccc(C(=O)NC4CC(C)(C)CC(C)(CNC(=O)c5ccc(C)cc5)C4)cc3)c2)cc1C(=O)NC. The summed E-state index contributed by atoms with van der Waals surface area (Å²) in [6.45, 7) is 17.2. The number of ether oxygens (including phenoxy) is 2. The van der Waals surface area contributed by atoms with Crippen LogP contribution in [-0.2, 0) is 28.9 Å². The van der Waals surface area contributed by atoms with E-state index in [1.54, 1.807) is 12.1 Å². The number of esters is 2. The number of hydrogen-bond donors (Lipinski definition) is 4. The van der Waals surface area contributed by atoms with Crippen molar-refractivity contribution < 1.29 is 56.2 Å². The van der Waals surface area contributed by atoms with Crippen molar-refractivity contribution in [2.45, 2.75) is 76.6 Å². The summed E-state index contributed by atoms with van der Waals surface area (Å²) < 4.78 is 38.5. The van der Waals surface area contributed by atoms with Crippen molar-refractivity contribution in [2.24, 2.45) is 10.8 Å². The Balaban J connectivity index is 1.37. The molecule has 4 aromatic rings. The molecule has 4 aromatic carbocycles. The number of benzene rings is 4. The zero-order valence-corrected chi connectivity index (χ0v) is 40.4. The van der Waals surface area contributed by atoms with Crippen LogP contribution in [0.4, 0.5) is 5.69 Å². The van der Waals surface area contributed by atoms with Gasteiger partial charge < -0.3 is 30.7 Å². The molecule has 1 saturated carbocycles. The van der Waals surface area contributed by atoms with Gasteiger partial charge >= 0.3 is 11.9 Å². The van der Waals surface area contributed by atoms with E-state index in [0.717, 1.165) is 48.4 Å². The van der Waals surface area contributed by atoms with Gasteiger partial charge in [-0.15, -0.1) is 0 Å². The molecule has 16 nitrogen and oxygen atoms in total. The Morgan fingerprint density at radius 3 is 1.61 bits per heavy atom. The summed E-state index contributed by atoms with van der Waals surface area (Å²) in [6.07, 6.45) is 2.13. The third-order valence-electron chi connectivity index (χ3n) is 11.6. The van der Waals surface area contributed by atoms with Crippen LogP contribution in [0.5, 0.6) is 0 Å². The minimum atomic E-state index is -4.61. The third-order valence-corrected chi connectivity index (χ3v) is 13.3. The summed E-state index contributed by atoms with van der Waals surface area (Å²) in [7, 11) is -3.36. The van der Waals surface area contributed by atoms with Gasteiger partial charge in [-0.05, 0) is 135 Å². The highest BCUT2D eigenvalue weighted by Gasteiger charge is 2.42. The molecular weight excluding hydrogens is 905 g/mol. The van der Waals surface area contributed by atoms with E-state index < -0.39 is 84.9 Å². The van der Waals surface area contributed by atoms with Crippen LogP contribution < -0.4 is 21.3 Å². The fourth-order valence-corrected chi connectivity index (χ4v) is 9.50. The Kier molecular flexibility index (Phi) is 16.4. The number of carbonyl (C=O) groups excluding carboxylic acids is 8. The quantitative estimate of drug-likeness (QED) is 0.0596. The predicted octanol–water partition coefficient (Wildman–Crippen LogP) is 6.79. The molecule has 0 bridgehead atoms. The van der Waals surface area contributed by atoms with Gasteiger partial charge in [0, 0.05) is 36.4 Å². The molecular formula is C52H56N4O12S. The molecule has 1 aliphatic carbocycles. The lowest BCUT2D eigenvalue weighted by atomic mass is 9.62. The molecule has 0 aromatic heterocycles. The minimum Gasteiger partial charge on any atom is -0.454 e. The molecule has 4 N–H and O–H groups in total. The van der Waals surface area contributed by atoms with Crippen LogP contribution in [0.1, 0.15) is 122 Å². The van der Waals surface area contributed by atoms with Gasteiger partial charge in [-0.3, -0.25) is 28.8 Å². The van der Waals surface area contributed by atoms with Crippen LogP contribution in [0.3, 0.4) is 0 Å². The monoisotopic (exact) mass is 960 g/mol. The zero-order valence-electron chi connectivity index (χ0n) is 39.6. The first-order valence-corrected chi connectivity index (χ1v) is 23.4. The van der Waals surface area contributed by atoms with Crippen molar-refractivity contribution in [1.82, 2.24) is 16.0 Å². The summed E-state index contributed by atoms with van der Waals surface area (Å²) in [4.78, 5) is 103. The van der Waals surface area contributed by atoms with Crippen molar-refractivity contribution in [3.63, 3.8) is 0 Å². The minimum absolute atomic E-state index is 0.107. The van der Waals surface area contributed by atoms with E-state index in [1.807, 2.05) is 19.1 Å². The molecule has 69 heavy (non-hydrogen) atoms. The number of anilines is 1. The normalized spacial score (nSPS) is 16.2. The van der Waals surface area contributed by atoms with Gasteiger partial charge in [0.05, 0.1) is 32.0 Å². The number of sulfone groups is 1. The molecule has 1 aliphatic rings. The van der Waals surface area contributed by atoms with Crippen molar-refractivity contribution in [1.29, 1.82) is 0 Å². The molecule has 0 heterocycles. The largest absolute Gasteiger partial charge is 0.454 e. The molecule has 2 unspecified atom stereocenters. The van der Waals surface area contributed by atoms with Gasteiger partial charge in [0.25, 0.3) is 23.6 Å². The highest BCUT2D eigenvalue weighted by Crippen LogP contribution is 2.46. The number of ketones is 2. The smallest absolute Gasteiger partial charge is 0.339 e. The maximum absolute atomic E-state index is 14.2. The molecule has 0 radical (unpaired) electrons. The number of carbonyl (C=O) groups is 8. The fraction of sp³-hybridized carbons (Fsp3) is 0.308. The fourth-order valence-electron chi connectivity index (χ4n) is 8.19. The van der Waals surface area contributed by atoms with Gasteiger partial charge in [-0.2, -0.15) is 0 Å². The standard InChI is InChI=1S/C52H56N4O12S/c1-30(2)43(57)26-67-49(63)39-20-18-37(22-41(39)47(61)53-9)69(65,66)38-19-21-40(50(64)68-27-44(58)31(3)4)42(23-38)48(62)55-35-16-14-34(15-17-35)46(60)56-36-24-51(6,7)28-52(8,25-36)29-54-45(59)33-12-10-32(5)11-13-33/h10-23,36H,1,3,24-29H2,2,4-9H3,(H,53,61)(H,54,59)(H,55,62)(H,56,60). The zero-order chi connectivity index (χ0) is 51.0.